The number of hydrogen-bond donors (Lipinski definition) is 3. The van der Waals surface area contributed by atoms with Crippen molar-refractivity contribution in [3.8, 4) is 0 Å². The Kier molecular flexibility index (Phi) is 4.04. The monoisotopic (exact) mass is 283 g/mol. The van der Waals surface area contributed by atoms with Crippen LogP contribution in [0.5, 0.6) is 0 Å². The predicted molar refractivity (Wildman–Crippen MR) is 77.0 cm³/mol. The van der Waals surface area contributed by atoms with Crippen LogP contribution in [0.25, 0.3) is 0 Å². The van der Waals surface area contributed by atoms with Gasteiger partial charge in [0.05, 0.1) is 0 Å². The van der Waals surface area contributed by atoms with Gasteiger partial charge in [0.2, 0.25) is 5.91 Å². The highest BCUT2D eigenvalue weighted by atomic mass is 35.5. The van der Waals surface area contributed by atoms with Gasteiger partial charge in [0.1, 0.15) is 11.0 Å². The summed E-state index contributed by atoms with van der Waals surface area (Å²) in [7, 11) is 0. The Balaban J connectivity index is 2.22. The smallest absolute Gasteiger partial charge is 0.242 e. The van der Waals surface area contributed by atoms with Crippen LogP contribution in [-0.2, 0) is 4.79 Å². The largest absolute Gasteiger partial charge is 0.389 e. The fraction of sp³-hybridized carbons (Fsp3) is 0.333. The van der Waals surface area contributed by atoms with Gasteiger partial charge < -0.3 is 16.4 Å². The number of carbonyl (C=O) groups excluding carboxylic acids is 1. The lowest BCUT2D eigenvalue weighted by atomic mass is 10.1. The Hall–Kier alpha value is -1.33. The van der Waals surface area contributed by atoms with Crippen molar-refractivity contribution in [2.45, 2.75) is 18.9 Å². The third kappa shape index (κ3) is 2.91. The van der Waals surface area contributed by atoms with Crippen molar-refractivity contribution < 1.29 is 4.79 Å². The van der Waals surface area contributed by atoms with Crippen LogP contribution >= 0.6 is 23.8 Å². The van der Waals surface area contributed by atoms with Crippen molar-refractivity contribution in [2.24, 2.45) is 5.73 Å². The second kappa shape index (κ2) is 5.54. The summed E-state index contributed by atoms with van der Waals surface area (Å²) in [5, 5.41) is 6.56. The Morgan fingerprint density at radius 3 is 3.00 bits per heavy atom. The molecule has 0 aromatic heterocycles. The molecule has 0 bridgehead atoms. The Morgan fingerprint density at radius 1 is 1.56 bits per heavy atom. The number of amides is 1. The summed E-state index contributed by atoms with van der Waals surface area (Å²) in [6.07, 6.45) is 1.75. The summed E-state index contributed by atoms with van der Waals surface area (Å²) in [6, 6.07) is 4.99. The van der Waals surface area contributed by atoms with Crippen molar-refractivity contribution >= 4 is 40.4 Å². The van der Waals surface area contributed by atoms with Gasteiger partial charge in [-0.1, -0.05) is 23.8 Å². The first kappa shape index (κ1) is 13.1. The average molecular weight is 284 g/mol. The quantitative estimate of drug-likeness (QED) is 0.738. The van der Waals surface area contributed by atoms with Gasteiger partial charge in [0.15, 0.2) is 0 Å². The number of hydrogen-bond acceptors (Lipinski definition) is 3. The Morgan fingerprint density at radius 2 is 2.33 bits per heavy atom. The highest BCUT2D eigenvalue weighted by molar-refractivity contribution is 7.80. The van der Waals surface area contributed by atoms with Gasteiger partial charge in [-0.05, 0) is 31.0 Å². The SMILES string of the molecule is NC(=S)c1cc(Cl)ccc1NC1CCCNC1=O. The van der Waals surface area contributed by atoms with Gasteiger partial charge >= 0.3 is 0 Å². The van der Waals surface area contributed by atoms with Crippen LogP contribution in [-0.4, -0.2) is 23.5 Å². The fourth-order valence-electron chi connectivity index (χ4n) is 1.94. The first-order valence-electron chi connectivity index (χ1n) is 5.71. The highest BCUT2D eigenvalue weighted by Crippen LogP contribution is 2.22. The fourth-order valence-corrected chi connectivity index (χ4v) is 2.28. The maximum atomic E-state index is 11.7. The Bertz CT molecular complexity index is 492. The lowest BCUT2D eigenvalue weighted by Crippen LogP contribution is -2.44. The molecular formula is C12H14ClN3OS. The molecule has 1 aliphatic rings. The zero-order chi connectivity index (χ0) is 13.1. The van der Waals surface area contributed by atoms with Crippen LogP contribution in [0.1, 0.15) is 18.4 Å². The number of carbonyl (C=O) groups is 1. The minimum atomic E-state index is -0.243. The van der Waals surface area contributed by atoms with Crippen molar-refractivity contribution in [1.29, 1.82) is 0 Å². The normalized spacial score (nSPS) is 19.2. The van der Waals surface area contributed by atoms with E-state index in [1.807, 2.05) is 0 Å². The molecule has 1 aromatic rings. The third-order valence-electron chi connectivity index (χ3n) is 2.86. The molecule has 1 amide bonds. The van der Waals surface area contributed by atoms with Crippen molar-refractivity contribution in [3.63, 3.8) is 0 Å². The maximum absolute atomic E-state index is 11.7. The standard InChI is InChI=1S/C12H14ClN3OS/c13-7-3-4-9(8(6-7)11(14)18)16-10-2-1-5-15-12(10)17/h3-4,6,10,16H,1-2,5H2,(H2,14,18)(H,15,17). The van der Waals surface area contributed by atoms with E-state index in [0.29, 0.717) is 10.6 Å². The highest BCUT2D eigenvalue weighted by Gasteiger charge is 2.22. The molecular weight excluding hydrogens is 270 g/mol. The van der Waals surface area contributed by atoms with Gasteiger partial charge in [-0.2, -0.15) is 0 Å². The van der Waals surface area contributed by atoms with E-state index in [1.165, 1.54) is 0 Å². The molecule has 4 nitrogen and oxygen atoms in total. The van der Waals surface area contributed by atoms with E-state index < -0.39 is 0 Å². The minimum absolute atomic E-state index is 0.00471. The molecule has 96 valence electrons. The molecule has 2 rings (SSSR count). The number of piperidine rings is 1. The Labute approximate surface area is 116 Å². The molecule has 1 unspecified atom stereocenters. The van der Waals surface area contributed by atoms with E-state index in [9.17, 15) is 4.79 Å². The van der Waals surface area contributed by atoms with Gasteiger partial charge in [0.25, 0.3) is 0 Å². The topological polar surface area (TPSA) is 67.2 Å². The average Bonchev–Trinajstić information content (AvgIpc) is 2.34. The zero-order valence-corrected chi connectivity index (χ0v) is 11.3. The minimum Gasteiger partial charge on any atom is -0.389 e. The number of anilines is 1. The second-order valence-electron chi connectivity index (χ2n) is 4.18. The van der Waals surface area contributed by atoms with Crippen molar-refractivity contribution in [1.82, 2.24) is 5.32 Å². The predicted octanol–water partition coefficient (Wildman–Crippen LogP) is 1.66. The molecule has 1 aliphatic heterocycles. The molecule has 0 aliphatic carbocycles. The molecule has 0 saturated carbocycles. The molecule has 0 spiro atoms. The number of halogens is 1. The molecule has 0 radical (unpaired) electrons. The number of benzene rings is 1. The van der Waals surface area contributed by atoms with Gasteiger partial charge in [-0.25, -0.2) is 0 Å². The van der Waals surface area contributed by atoms with Gasteiger partial charge in [-0.3, -0.25) is 4.79 Å². The molecule has 1 aromatic carbocycles. The van der Waals surface area contributed by atoms with Crippen LogP contribution < -0.4 is 16.4 Å². The van der Waals surface area contributed by atoms with E-state index in [2.05, 4.69) is 10.6 Å². The molecule has 1 heterocycles. The van der Waals surface area contributed by atoms with Crippen LogP contribution in [0, 0.1) is 0 Å². The molecule has 1 fully saturated rings. The van der Waals surface area contributed by atoms with Crippen LogP contribution in [0.15, 0.2) is 18.2 Å². The van der Waals surface area contributed by atoms with Crippen molar-refractivity contribution in [2.75, 3.05) is 11.9 Å². The summed E-state index contributed by atoms with van der Waals surface area (Å²) in [4.78, 5) is 11.9. The summed E-state index contributed by atoms with van der Waals surface area (Å²) in [5.74, 6) is 0.00471. The molecule has 18 heavy (non-hydrogen) atoms. The second-order valence-corrected chi connectivity index (χ2v) is 5.06. The molecule has 6 heteroatoms. The van der Waals surface area contributed by atoms with E-state index in [1.54, 1.807) is 18.2 Å². The van der Waals surface area contributed by atoms with E-state index >= 15 is 0 Å². The number of rotatable bonds is 3. The maximum Gasteiger partial charge on any atom is 0.242 e. The van der Waals surface area contributed by atoms with E-state index in [4.69, 9.17) is 29.6 Å². The van der Waals surface area contributed by atoms with Gasteiger partial charge in [-0.15, -0.1) is 0 Å². The number of nitrogens with two attached hydrogens (primary N) is 1. The van der Waals surface area contributed by atoms with E-state index in [-0.39, 0.29) is 16.9 Å². The zero-order valence-electron chi connectivity index (χ0n) is 9.70. The molecule has 4 N–H and O–H groups in total. The molecule has 1 saturated heterocycles. The van der Waals surface area contributed by atoms with Crippen LogP contribution in [0.4, 0.5) is 5.69 Å². The third-order valence-corrected chi connectivity index (χ3v) is 3.32. The lowest BCUT2D eigenvalue weighted by Gasteiger charge is -2.24. The van der Waals surface area contributed by atoms with Crippen LogP contribution in [0.2, 0.25) is 5.02 Å². The van der Waals surface area contributed by atoms with E-state index in [0.717, 1.165) is 25.1 Å². The summed E-state index contributed by atoms with van der Waals surface area (Å²) < 4.78 is 0. The first-order chi connectivity index (χ1) is 8.58. The summed E-state index contributed by atoms with van der Waals surface area (Å²) in [5.41, 5.74) is 7.06. The van der Waals surface area contributed by atoms with Crippen molar-refractivity contribution in [3.05, 3.63) is 28.8 Å². The lowest BCUT2D eigenvalue weighted by molar-refractivity contribution is -0.123. The summed E-state index contributed by atoms with van der Waals surface area (Å²) in [6.45, 7) is 0.736. The van der Waals surface area contributed by atoms with Crippen LogP contribution in [0.3, 0.4) is 0 Å². The number of thiocarbonyl (C=S) groups is 1. The molecule has 1 atom stereocenters. The van der Waals surface area contributed by atoms with Gasteiger partial charge in [0, 0.05) is 22.8 Å². The first-order valence-corrected chi connectivity index (χ1v) is 6.50. The summed E-state index contributed by atoms with van der Waals surface area (Å²) >= 11 is 10.9. The number of nitrogens with one attached hydrogen (secondary N) is 2.